The summed E-state index contributed by atoms with van der Waals surface area (Å²) in [6.45, 7) is 8.35. The lowest BCUT2D eigenvalue weighted by Crippen LogP contribution is -2.48. The number of para-hydroxylation sites is 1. The monoisotopic (exact) mass is 469 g/mol. The normalized spacial score (nSPS) is 14.7. The minimum Gasteiger partial charge on any atom is -0.340 e. The zero-order valence-corrected chi connectivity index (χ0v) is 20.4. The second-order valence-corrected chi connectivity index (χ2v) is 9.44. The minimum absolute atomic E-state index is 0.137. The lowest BCUT2D eigenvalue weighted by atomic mass is 10.0. The first-order valence-electron chi connectivity index (χ1n) is 12.3. The van der Waals surface area contributed by atoms with Gasteiger partial charge in [-0.15, -0.1) is 0 Å². The molecule has 7 nitrogen and oxygen atoms in total. The molecular weight excluding hydrogens is 438 g/mol. The molecular formula is C28H31N5O2. The number of piperazine rings is 1. The number of hydrogen-bond acceptors (Lipinski definition) is 6. The van der Waals surface area contributed by atoms with Crippen LogP contribution >= 0.6 is 0 Å². The Bertz CT molecular complexity index is 1280. The van der Waals surface area contributed by atoms with Gasteiger partial charge in [0.1, 0.15) is 0 Å². The highest BCUT2D eigenvalue weighted by Crippen LogP contribution is 2.21. The van der Waals surface area contributed by atoms with E-state index in [1.165, 1.54) is 11.1 Å². The molecule has 5 rings (SSSR count). The van der Waals surface area contributed by atoms with Gasteiger partial charge in [-0.3, -0.25) is 14.7 Å². The van der Waals surface area contributed by atoms with E-state index in [2.05, 4.69) is 70.3 Å². The van der Waals surface area contributed by atoms with E-state index >= 15 is 0 Å². The van der Waals surface area contributed by atoms with Crippen LogP contribution in [-0.4, -0.2) is 57.0 Å². The van der Waals surface area contributed by atoms with Crippen LogP contribution in [0.4, 0.5) is 0 Å². The molecule has 1 fully saturated rings. The number of pyridine rings is 1. The van der Waals surface area contributed by atoms with Crippen molar-refractivity contribution in [3.8, 4) is 11.4 Å². The lowest BCUT2D eigenvalue weighted by Gasteiger charge is -2.34. The highest BCUT2D eigenvalue weighted by atomic mass is 16.5. The molecule has 0 aliphatic carbocycles. The summed E-state index contributed by atoms with van der Waals surface area (Å²) in [6.07, 6.45) is 2.68. The Morgan fingerprint density at radius 3 is 2.54 bits per heavy atom. The predicted molar refractivity (Wildman–Crippen MR) is 136 cm³/mol. The third-order valence-electron chi connectivity index (χ3n) is 6.69. The van der Waals surface area contributed by atoms with Gasteiger partial charge in [-0.05, 0) is 23.1 Å². The molecule has 2 aromatic heterocycles. The molecule has 180 valence electrons. The van der Waals surface area contributed by atoms with E-state index in [0.717, 1.165) is 49.2 Å². The van der Waals surface area contributed by atoms with Gasteiger partial charge >= 0.3 is 0 Å². The first kappa shape index (κ1) is 23.2. The standard InChI is InChI=1S/C28H31N5O2/c1-20(2)21-8-10-23(11-9-21)28-30-25(35-31-28)12-13-26(34)33-17-15-32(16-18-33)19-24-6-3-5-22-7-4-14-29-27(22)24/h3-11,14,20H,12-13,15-19H2,1-2H3. The number of benzene rings is 2. The molecule has 7 heteroatoms. The number of carbonyl (C=O) groups excluding carboxylic acids is 1. The number of nitrogens with zero attached hydrogens (tertiary/aromatic N) is 5. The van der Waals surface area contributed by atoms with Crippen LogP contribution in [0.25, 0.3) is 22.3 Å². The van der Waals surface area contributed by atoms with Gasteiger partial charge in [0, 0.05) is 62.7 Å². The van der Waals surface area contributed by atoms with E-state index in [-0.39, 0.29) is 5.91 Å². The maximum absolute atomic E-state index is 12.8. The van der Waals surface area contributed by atoms with Crippen molar-refractivity contribution in [1.29, 1.82) is 0 Å². The Morgan fingerprint density at radius 1 is 1.00 bits per heavy atom. The topological polar surface area (TPSA) is 75.4 Å². The van der Waals surface area contributed by atoms with Crippen molar-refractivity contribution in [2.75, 3.05) is 26.2 Å². The number of aryl methyl sites for hydroxylation is 1. The minimum atomic E-state index is 0.137. The molecule has 0 unspecified atom stereocenters. The van der Waals surface area contributed by atoms with Gasteiger partial charge in [-0.25, -0.2) is 0 Å². The Morgan fingerprint density at radius 2 is 1.77 bits per heavy atom. The second-order valence-electron chi connectivity index (χ2n) is 9.44. The Balaban J connectivity index is 1.11. The number of carbonyl (C=O) groups is 1. The Hall–Kier alpha value is -3.58. The van der Waals surface area contributed by atoms with Crippen molar-refractivity contribution in [2.24, 2.45) is 0 Å². The average Bonchev–Trinajstić information content (AvgIpc) is 3.37. The van der Waals surface area contributed by atoms with Crippen LogP contribution in [-0.2, 0) is 17.8 Å². The highest BCUT2D eigenvalue weighted by molar-refractivity contribution is 5.81. The molecule has 0 saturated carbocycles. The quantitative estimate of drug-likeness (QED) is 0.391. The molecule has 35 heavy (non-hydrogen) atoms. The van der Waals surface area contributed by atoms with Crippen LogP contribution < -0.4 is 0 Å². The summed E-state index contributed by atoms with van der Waals surface area (Å²) in [4.78, 5) is 26.2. The molecule has 1 saturated heterocycles. The van der Waals surface area contributed by atoms with E-state index in [9.17, 15) is 4.79 Å². The molecule has 0 N–H and O–H groups in total. The highest BCUT2D eigenvalue weighted by Gasteiger charge is 2.22. The van der Waals surface area contributed by atoms with Gasteiger partial charge in [0.2, 0.25) is 17.6 Å². The molecule has 1 aliphatic rings. The zero-order chi connectivity index (χ0) is 24.2. The van der Waals surface area contributed by atoms with Crippen LogP contribution in [0.5, 0.6) is 0 Å². The number of amides is 1. The third kappa shape index (κ3) is 5.41. The molecule has 1 aliphatic heterocycles. The molecule has 0 atom stereocenters. The summed E-state index contributed by atoms with van der Waals surface area (Å²) in [5.41, 5.74) is 4.49. The zero-order valence-electron chi connectivity index (χ0n) is 20.4. The maximum Gasteiger partial charge on any atom is 0.227 e. The molecule has 0 spiro atoms. The van der Waals surface area contributed by atoms with Crippen molar-refractivity contribution in [3.05, 3.63) is 77.8 Å². The number of hydrogen-bond donors (Lipinski definition) is 0. The Kier molecular flexibility index (Phi) is 6.86. The van der Waals surface area contributed by atoms with E-state index in [4.69, 9.17) is 4.52 Å². The first-order chi connectivity index (χ1) is 17.1. The van der Waals surface area contributed by atoms with Crippen molar-refractivity contribution < 1.29 is 9.32 Å². The summed E-state index contributed by atoms with van der Waals surface area (Å²) in [5.74, 6) is 1.69. The average molecular weight is 470 g/mol. The van der Waals surface area contributed by atoms with Gasteiger partial charge in [0.15, 0.2) is 0 Å². The lowest BCUT2D eigenvalue weighted by molar-refractivity contribution is -0.133. The first-order valence-corrected chi connectivity index (χ1v) is 12.3. The molecule has 4 aromatic rings. The van der Waals surface area contributed by atoms with Crippen LogP contribution in [0.15, 0.2) is 65.3 Å². The number of fused-ring (bicyclic) bond motifs is 1. The molecule has 0 bridgehead atoms. The van der Waals surface area contributed by atoms with Gasteiger partial charge in [-0.1, -0.05) is 67.5 Å². The largest absolute Gasteiger partial charge is 0.340 e. The molecule has 1 amide bonds. The number of aromatic nitrogens is 3. The van der Waals surface area contributed by atoms with Gasteiger partial charge in [0.25, 0.3) is 0 Å². The summed E-state index contributed by atoms with van der Waals surface area (Å²) in [5, 5.41) is 5.26. The van der Waals surface area contributed by atoms with Gasteiger partial charge < -0.3 is 9.42 Å². The smallest absolute Gasteiger partial charge is 0.227 e. The van der Waals surface area contributed by atoms with Crippen LogP contribution in [0.1, 0.15) is 43.2 Å². The van der Waals surface area contributed by atoms with Crippen LogP contribution in [0.3, 0.4) is 0 Å². The van der Waals surface area contributed by atoms with E-state index < -0.39 is 0 Å². The maximum atomic E-state index is 12.8. The SMILES string of the molecule is CC(C)c1ccc(-c2noc(CCC(=O)N3CCN(Cc4cccc5cccnc45)CC3)n2)cc1. The Labute approximate surface area is 205 Å². The third-order valence-corrected chi connectivity index (χ3v) is 6.69. The van der Waals surface area contributed by atoms with Crippen molar-refractivity contribution in [3.63, 3.8) is 0 Å². The van der Waals surface area contributed by atoms with Crippen LogP contribution in [0.2, 0.25) is 0 Å². The molecule has 2 aromatic carbocycles. The van der Waals surface area contributed by atoms with Gasteiger partial charge in [0.05, 0.1) is 5.52 Å². The second kappa shape index (κ2) is 10.4. The number of rotatable bonds is 7. The fourth-order valence-electron chi connectivity index (χ4n) is 4.55. The summed E-state index contributed by atoms with van der Waals surface area (Å²) in [7, 11) is 0. The van der Waals surface area contributed by atoms with Crippen molar-refractivity contribution in [1.82, 2.24) is 24.9 Å². The van der Waals surface area contributed by atoms with Crippen molar-refractivity contribution in [2.45, 2.75) is 39.2 Å². The van der Waals surface area contributed by atoms with E-state index in [1.54, 1.807) is 0 Å². The summed E-state index contributed by atoms with van der Waals surface area (Å²) in [6, 6.07) is 18.6. The summed E-state index contributed by atoms with van der Waals surface area (Å²) < 4.78 is 5.41. The van der Waals surface area contributed by atoms with Crippen molar-refractivity contribution >= 4 is 16.8 Å². The fourth-order valence-corrected chi connectivity index (χ4v) is 4.55. The predicted octanol–water partition coefficient (Wildman–Crippen LogP) is 4.69. The van der Waals surface area contributed by atoms with E-state index in [0.29, 0.717) is 30.5 Å². The molecule has 3 heterocycles. The van der Waals surface area contributed by atoms with Crippen LogP contribution in [0, 0.1) is 0 Å². The fraction of sp³-hybridized carbons (Fsp3) is 0.357. The summed E-state index contributed by atoms with van der Waals surface area (Å²) >= 11 is 0. The molecule has 0 radical (unpaired) electrons. The van der Waals surface area contributed by atoms with E-state index in [1.807, 2.05) is 29.3 Å². The van der Waals surface area contributed by atoms with Gasteiger partial charge in [-0.2, -0.15) is 4.98 Å².